The second-order valence-corrected chi connectivity index (χ2v) is 2.36. The van der Waals surface area contributed by atoms with Crippen molar-refractivity contribution in [3.05, 3.63) is 31.4 Å². The van der Waals surface area contributed by atoms with Gasteiger partial charge < -0.3 is 9.13 Å². The molecule has 0 radical (unpaired) electrons. The highest BCUT2D eigenvalue weighted by atomic mass is 15.2. The number of hydrogen-bond donors (Lipinski definition) is 0. The van der Waals surface area contributed by atoms with Crippen molar-refractivity contribution in [2.75, 3.05) is 0 Å². The van der Waals surface area contributed by atoms with Crippen LogP contribution >= 0.6 is 0 Å². The predicted octanol–water partition coefficient (Wildman–Crippen LogP) is 1.51. The van der Waals surface area contributed by atoms with Gasteiger partial charge in [-0.3, -0.25) is 0 Å². The lowest BCUT2D eigenvalue weighted by molar-refractivity contribution is 0.910. The van der Waals surface area contributed by atoms with E-state index in [-0.39, 0.29) is 14.9 Å². The maximum Gasteiger partial charge on any atom is 0.119 e. The minimum Gasteiger partial charge on any atom is -0.341 e. The lowest BCUT2D eigenvalue weighted by atomic mass is 10.9. The SMILES string of the molecule is C.C.Cn1ccnc1.Cn1cnnc1. The first-order valence-corrected chi connectivity index (χ1v) is 3.49. The molecule has 0 aliphatic carbocycles. The molecule has 0 aromatic carbocycles. The van der Waals surface area contributed by atoms with Gasteiger partial charge in [0.05, 0.1) is 6.33 Å². The summed E-state index contributed by atoms with van der Waals surface area (Å²) in [5.41, 5.74) is 0. The van der Waals surface area contributed by atoms with Gasteiger partial charge in [-0.25, -0.2) is 4.98 Å². The summed E-state index contributed by atoms with van der Waals surface area (Å²) in [6.07, 6.45) is 8.67. The lowest BCUT2D eigenvalue weighted by Gasteiger charge is -1.76. The first kappa shape index (κ1) is 14.9. The van der Waals surface area contributed by atoms with E-state index in [2.05, 4.69) is 15.2 Å². The maximum atomic E-state index is 3.78. The van der Waals surface area contributed by atoms with Crippen LogP contribution in [0, 0.1) is 0 Å². The Balaban J connectivity index is 0. The van der Waals surface area contributed by atoms with Gasteiger partial charge in [-0.15, -0.1) is 10.2 Å². The minimum atomic E-state index is 0. The Morgan fingerprint density at radius 2 is 1.43 bits per heavy atom. The van der Waals surface area contributed by atoms with Gasteiger partial charge >= 0.3 is 0 Å². The van der Waals surface area contributed by atoms with Crippen LogP contribution in [-0.2, 0) is 14.1 Å². The summed E-state index contributed by atoms with van der Waals surface area (Å²) < 4.78 is 3.67. The molecular weight excluding hydrogens is 178 g/mol. The van der Waals surface area contributed by atoms with Crippen LogP contribution in [0.3, 0.4) is 0 Å². The van der Waals surface area contributed by atoms with E-state index >= 15 is 0 Å². The van der Waals surface area contributed by atoms with Crippen LogP contribution in [-0.4, -0.2) is 24.3 Å². The van der Waals surface area contributed by atoms with Gasteiger partial charge in [-0.2, -0.15) is 0 Å². The van der Waals surface area contributed by atoms with E-state index < -0.39 is 0 Å². The van der Waals surface area contributed by atoms with Crippen molar-refractivity contribution in [3.8, 4) is 0 Å². The van der Waals surface area contributed by atoms with Crippen LogP contribution in [0.4, 0.5) is 0 Å². The summed E-state index contributed by atoms with van der Waals surface area (Å²) in [5.74, 6) is 0. The Morgan fingerprint density at radius 1 is 0.857 bits per heavy atom. The van der Waals surface area contributed by atoms with Crippen molar-refractivity contribution in [3.63, 3.8) is 0 Å². The zero-order chi connectivity index (χ0) is 8.81. The van der Waals surface area contributed by atoms with Crippen molar-refractivity contribution in [2.24, 2.45) is 14.1 Å². The third-order valence-corrected chi connectivity index (χ3v) is 1.17. The summed E-state index contributed by atoms with van der Waals surface area (Å²) in [6.45, 7) is 0. The molecule has 14 heavy (non-hydrogen) atoms. The molecule has 0 spiro atoms. The number of rotatable bonds is 0. The van der Waals surface area contributed by atoms with Crippen LogP contribution in [0.5, 0.6) is 0 Å². The molecule has 0 aliphatic heterocycles. The summed E-state index contributed by atoms with van der Waals surface area (Å²) in [5, 5.41) is 7.07. The zero-order valence-electron chi connectivity index (χ0n) is 7.12. The summed E-state index contributed by atoms with van der Waals surface area (Å²) in [4.78, 5) is 3.78. The van der Waals surface area contributed by atoms with Gasteiger partial charge in [0.25, 0.3) is 0 Å². The fourth-order valence-electron chi connectivity index (χ4n) is 0.578. The van der Waals surface area contributed by atoms with Crippen LogP contribution < -0.4 is 0 Å². The molecule has 5 nitrogen and oxygen atoms in total. The van der Waals surface area contributed by atoms with Crippen molar-refractivity contribution in [1.29, 1.82) is 0 Å². The summed E-state index contributed by atoms with van der Waals surface area (Å²) in [7, 11) is 3.81. The molecule has 2 aromatic heterocycles. The maximum absolute atomic E-state index is 3.78. The van der Waals surface area contributed by atoms with Crippen molar-refractivity contribution >= 4 is 0 Å². The first-order chi connectivity index (χ1) is 5.79. The van der Waals surface area contributed by atoms with Gasteiger partial charge in [0.1, 0.15) is 12.7 Å². The first-order valence-electron chi connectivity index (χ1n) is 3.49. The second-order valence-electron chi connectivity index (χ2n) is 2.36. The third-order valence-electron chi connectivity index (χ3n) is 1.17. The zero-order valence-corrected chi connectivity index (χ0v) is 7.12. The number of hydrogen-bond acceptors (Lipinski definition) is 3. The molecule has 5 heteroatoms. The van der Waals surface area contributed by atoms with Gasteiger partial charge in [-0.05, 0) is 0 Å². The molecule has 0 saturated carbocycles. The highest BCUT2D eigenvalue weighted by Crippen LogP contribution is 1.73. The van der Waals surface area contributed by atoms with E-state index in [0.717, 1.165) is 0 Å². The molecule has 0 atom stereocenters. The quantitative estimate of drug-likeness (QED) is 0.643. The summed E-state index contributed by atoms with van der Waals surface area (Å²) in [6, 6.07) is 0. The molecule has 0 unspecified atom stereocenters. The predicted molar refractivity (Wildman–Crippen MR) is 57.7 cm³/mol. The van der Waals surface area contributed by atoms with Crippen molar-refractivity contribution < 1.29 is 0 Å². The molecule has 0 N–H and O–H groups in total. The molecule has 0 bridgehead atoms. The Kier molecular flexibility index (Phi) is 8.46. The van der Waals surface area contributed by atoms with E-state index in [4.69, 9.17) is 0 Å². The van der Waals surface area contributed by atoms with Gasteiger partial charge in [-0.1, -0.05) is 14.9 Å². The van der Waals surface area contributed by atoms with Crippen LogP contribution in [0.1, 0.15) is 14.9 Å². The highest BCUT2D eigenvalue weighted by Gasteiger charge is 1.71. The minimum absolute atomic E-state index is 0. The molecule has 80 valence electrons. The number of aryl methyl sites for hydroxylation is 2. The molecule has 0 fully saturated rings. The molecule has 2 heterocycles. The molecule has 0 amide bonds. The lowest BCUT2D eigenvalue weighted by Crippen LogP contribution is -1.76. The fraction of sp³-hybridized carbons (Fsp3) is 0.444. The Morgan fingerprint density at radius 3 is 1.57 bits per heavy atom. The fourth-order valence-corrected chi connectivity index (χ4v) is 0.578. The number of imidazole rings is 1. The molecule has 0 aliphatic rings. The molecule has 0 saturated heterocycles. The Hall–Kier alpha value is -1.65. The standard InChI is InChI=1S/C4H6N2.C3H5N3.2CH4/c1-6-3-2-5-4-6;1-6-2-4-5-3-6;;/h2-4H,1H3;2-3H,1H3;2*1H4. The normalized spacial score (nSPS) is 7.57. The topological polar surface area (TPSA) is 48.5 Å². The second kappa shape index (κ2) is 7.97. The summed E-state index contributed by atoms with van der Waals surface area (Å²) >= 11 is 0. The smallest absolute Gasteiger partial charge is 0.119 e. The van der Waals surface area contributed by atoms with Gasteiger partial charge in [0.2, 0.25) is 0 Å². The highest BCUT2D eigenvalue weighted by molar-refractivity contribution is 4.70. The van der Waals surface area contributed by atoms with Crippen LogP contribution in [0.25, 0.3) is 0 Å². The third kappa shape index (κ3) is 5.93. The van der Waals surface area contributed by atoms with E-state index in [9.17, 15) is 0 Å². The van der Waals surface area contributed by atoms with E-state index in [1.165, 1.54) is 0 Å². The van der Waals surface area contributed by atoms with Crippen LogP contribution in [0.2, 0.25) is 0 Å². The number of nitrogens with zero attached hydrogens (tertiary/aromatic N) is 5. The van der Waals surface area contributed by atoms with Crippen molar-refractivity contribution in [2.45, 2.75) is 14.9 Å². The monoisotopic (exact) mass is 197 g/mol. The van der Waals surface area contributed by atoms with E-state index in [0.29, 0.717) is 0 Å². The van der Waals surface area contributed by atoms with Crippen LogP contribution in [0.15, 0.2) is 31.4 Å². The number of aromatic nitrogens is 5. The Labute approximate surface area is 85.4 Å². The largest absolute Gasteiger partial charge is 0.341 e. The Bertz CT molecular complexity index is 253. The van der Waals surface area contributed by atoms with Gasteiger partial charge in [0.15, 0.2) is 0 Å². The van der Waals surface area contributed by atoms with Crippen molar-refractivity contribution in [1.82, 2.24) is 24.3 Å². The molecular formula is C9H19N5. The van der Waals surface area contributed by atoms with E-state index in [1.807, 2.05) is 24.9 Å². The average Bonchev–Trinajstić information content (AvgIpc) is 2.63. The van der Waals surface area contributed by atoms with Gasteiger partial charge in [0, 0.05) is 26.5 Å². The molecule has 2 aromatic rings. The average molecular weight is 197 g/mol. The van der Waals surface area contributed by atoms with E-state index in [1.54, 1.807) is 29.7 Å². The molecule has 2 rings (SSSR count).